The standard InChI is InChI=1S/C13H21N3O2/c1-9(2)13-15-12(18-16-13)8-7-11(17)14-10-5-3-4-6-10/h9-10H,3-8H2,1-2H3,(H,14,17). The van der Waals surface area contributed by atoms with Gasteiger partial charge in [-0.05, 0) is 12.8 Å². The summed E-state index contributed by atoms with van der Waals surface area (Å²) in [6.07, 6.45) is 5.64. The molecule has 1 aromatic heterocycles. The SMILES string of the molecule is CC(C)c1noc(CCC(=O)NC2CCCC2)n1. The topological polar surface area (TPSA) is 68.0 Å². The first kappa shape index (κ1) is 13.1. The molecule has 1 heterocycles. The molecule has 0 saturated heterocycles. The summed E-state index contributed by atoms with van der Waals surface area (Å²) >= 11 is 0. The van der Waals surface area contributed by atoms with Crippen molar-refractivity contribution in [2.45, 2.75) is 64.3 Å². The van der Waals surface area contributed by atoms with Gasteiger partial charge in [0, 0.05) is 24.8 Å². The van der Waals surface area contributed by atoms with Gasteiger partial charge >= 0.3 is 0 Å². The van der Waals surface area contributed by atoms with Crippen molar-refractivity contribution in [3.05, 3.63) is 11.7 Å². The van der Waals surface area contributed by atoms with Crippen LogP contribution in [0.25, 0.3) is 0 Å². The number of hydrogen-bond donors (Lipinski definition) is 1. The number of rotatable bonds is 5. The van der Waals surface area contributed by atoms with E-state index in [0.717, 1.165) is 12.8 Å². The molecule has 18 heavy (non-hydrogen) atoms. The Labute approximate surface area is 107 Å². The van der Waals surface area contributed by atoms with Gasteiger partial charge in [-0.25, -0.2) is 0 Å². The molecule has 0 unspecified atom stereocenters. The van der Waals surface area contributed by atoms with Crippen molar-refractivity contribution in [3.63, 3.8) is 0 Å². The molecule has 0 bridgehead atoms. The van der Waals surface area contributed by atoms with Gasteiger partial charge in [-0.2, -0.15) is 4.98 Å². The maximum absolute atomic E-state index is 11.7. The van der Waals surface area contributed by atoms with Crippen molar-refractivity contribution >= 4 is 5.91 Å². The van der Waals surface area contributed by atoms with Gasteiger partial charge in [0.1, 0.15) is 0 Å². The largest absolute Gasteiger partial charge is 0.353 e. The zero-order chi connectivity index (χ0) is 13.0. The van der Waals surface area contributed by atoms with Crippen LogP contribution >= 0.6 is 0 Å². The van der Waals surface area contributed by atoms with Crippen LogP contribution in [0.15, 0.2) is 4.52 Å². The van der Waals surface area contributed by atoms with E-state index >= 15 is 0 Å². The molecule has 0 spiro atoms. The van der Waals surface area contributed by atoms with Gasteiger partial charge < -0.3 is 9.84 Å². The fourth-order valence-corrected chi connectivity index (χ4v) is 2.19. The van der Waals surface area contributed by atoms with E-state index in [1.807, 2.05) is 13.8 Å². The quantitative estimate of drug-likeness (QED) is 0.871. The fourth-order valence-electron chi connectivity index (χ4n) is 2.19. The molecule has 1 amide bonds. The third-order valence-electron chi connectivity index (χ3n) is 3.29. The van der Waals surface area contributed by atoms with E-state index in [1.54, 1.807) is 0 Å². The Balaban J connectivity index is 1.74. The summed E-state index contributed by atoms with van der Waals surface area (Å²) in [5.41, 5.74) is 0. The summed E-state index contributed by atoms with van der Waals surface area (Å²) in [4.78, 5) is 16.0. The zero-order valence-corrected chi connectivity index (χ0v) is 11.1. The maximum Gasteiger partial charge on any atom is 0.227 e. The second-order valence-corrected chi connectivity index (χ2v) is 5.25. The lowest BCUT2D eigenvalue weighted by atomic mass is 10.2. The van der Waals surface area contributed by atoms with Crippen molar-refractivity contribution in [3.8, 4) is 0 Å². The molecular weight excluding hydrogens is 230 g/mol. The molecule has 100 valence electrons. The van der Waals surface area contributed by atoms with Crippen molar-refractivity contribution in [2.24, 2.45) is 0 Å². The van der Waals surface area contributed by atoms with E-state index in [4.69, 9.17) is 4.52 Å². The highest BCUT2D eigenvalue weighted by atomic mass is 16.5. The molecule has 1 aliphatic rings. The van der Waals surface area contributed by atoms with Crippen LogP contribution in [0.2, 0.25) is 0 Å². The Hall–Kier alpha value is -1.39. The number of carbonyl (C=O) groups is 1. The van der Waals surface area contributed by atoms with Gasteiger partial charge in [0.2, 0.25) is 11.8 Å². The van der Waals surface area contributed by atoms with Crippen LogP contribution in [0, 0.1) is 0 Å². The lowest BCUT2D eigenvalue weighted by Crippen LogP contribution is -2.32. The molecule has 5 heteroatoms. The lowest BCUT2D eigenvalue weighted by Gasteiger charge is -2.10. The van der Waals surface area contributed by atoms with Crippen molar-refractivity contribution in [1.82, 2.24) is 15.5 Å². The van der Waals surface area contributed by atoms with E-state index in [9.17, 15) is 4.79 Å². The van der Waals surface area contributed by atoms with Gasteiger partial charge in [-0.3, -0.25) is 4.79 Å². The molecule has 2 rings (SSSR count). The van der Waals surface area contributed by atoms with E-state index in [0.29, 0.717) is 30.6 Å². The Morgan fingerprint density at radius 2 is 2.17 bits per heavy atom. The zero-order valence-electron chi connectivity index (χ0n) is 11.1. The average Bonchev–Trinajstić information content (AvgIpc) is 2.96. The van der Waals surface area contributed by atoms with Crippen molar-refractivity contribution in [2.75, 3.05) is 0 Å². The predicted octanol–water partition coefficient (Wildman–Crippen LogP) is 2.18. The highest BCUT2D eigenvalue weighted by molar-refractivity contribution is 5.76. The Kier molecular flexibility index (Phi) is 4.33. The van der Waals surface area contributed by atoms with Crippen molar-refractivity contribution < 1.29 is 9.32 Å². The molecule has 5 nitrogen and oxygen atoms in total. The second kappa shape index (κ2) is 5.98. The third kappa shape index (κ3) is 3.55. The van der Waals surface area contributed by atoms with Crippen LogP contribution in [0.5, 0.6) is 0 Å². The molecule has 1 fully saturated rings. The molecule has 1 aliphatic carbocycles. The molecule has 0 radical (unpaired) electrons. The minimum atomic E-state index is 0.0891. The molecule has 1 saturated carbocycles. The number of aromatic nitrogens is 2. The van der Waals surface area contributed by atoms with Crippen LogP contribution in [-0.2, 0) is 11.2 Å². The lowest BCUT2D eigenvalue weighted by molar-refractivity contribution is -0.121. The summed E-state index contributed by atoms with van der Waals surface area (Å²) in [7, 11) is 0. The smallest absolute Gasteiger partial charge is 0.227 e. The van der Waals surface area contributed by atoms with Gasteiger partial charge in [0.25, 0.3) is 0 Å². The van der Waals surface area contributed by atoms with Gasteiger partial charge in [-0.15, -0.1) is 0 Å². The number of nitrogens with one attached hydrogen (secondary N) is 1. The molecule has 0 aliphatic heterocycles. The normalized spacial score (nSPS) is 16.4. The van der Waals surface area contributed by atoms with Crippen LogP contribution in [0.3, 0.4) is 0 Å². The summed E-state index contributed by atoms with van der Waals surface area (Å²) in [5, 5.41) is 6.93. The third-order valence-corrected chi connectivity index (χ3v) is 3.29. The summed E-state index contributed by atoms with van der Waals surface area (Å²) < 4.78 is 5.11. The van der Waals surface area contributed by atoms with Crippen molar-refractivity contribution in [1.29, 1.82) is 0 Å². The fraction of sp³-hybridized carbons (Fsp3) is 0.769. The summed E-state index contributed by atoms with van der Waals surface area (Å²) in [6, 6.07) is 0.381. The van der Waals surface area contributed by atoms with E-state index in [2.05, 4.69) is 15.5 Å². The molecular formula is C13H21N3O2. The maximum atomic E-state index is 11.7. The first-order valence-corrected chi connectivity index (χ1v) is 6.77. The minimum absolute atomic E-state index is 0.0891. The average molecular weight is 251 g/mol. The molecule has 0 aromatic carbocycles. The molecule has 1 N–H and O–H groups in total. The van der Waals surface area contributed by atoms with E-state index in [1.165, 1.54) is 12.8 Å². The molecule has 1 aromatic rings. The number of aryl methyl sites for hydroxylation is 1. The van der Waals surface area contributed by atoms with Gasteiger partial charge in [0.05, 0.1) is 0 Å². The van der Waals surface area contributed by atoms with Crippen LogP contribution in [0.1, 0.15) is 63.6 Å². The Morgan fingerprint density at radius 3 is 2.78 bits per heavy atom. The van der Waals surface area contributed by atoms with Gasteiger partial charge in [-0.1, -0.05) is 31.8 Å². The van der Waals surface area contributed by atoms with E-state index in [-0.39, 0.29) is 11.8 Å². The highest BCUT2D eigenvalue weighted by Crippen LogP contribution is 2.17. The number of nitrogens with zero attached hydrogens (tertiary/aromatic N) is 2. The minimum Gasteiger partial charge on any atom is -0.353 e. The first-order valence-electron chi connectivity index (χ1n) is 6.77. The van der Waals surface area contributed by atoms with Crippen LogP contribution in [-0.4, -0.2) is 22.1 Å². The number of carbonyl (C=O) groups excluding carboxylic acids is 1. The first-order chi connectivity index (χ1) is 8.65. The summed E-state index contributed by atoms with van der Waals surface area (Å²) in [6.45, 7) is 4.03. The number of hydrogen-bond acceptors (Lipinski definition) is 4. The molecule has 0 atom stereocenters. The van der Waals surface area contributed by atoms with Crippen LogP contribution in [0.4, 0.5) is 0 Å². The highest BCUT2D eigenvalue weighted by Gasteiger charge is 2.17. The van der Waals surface area contributed by atoms with Gasteiger partial charge in [0.15, 0.2) is 5.82 Å². The monoisotopic (exact) mass is 251 g/mol. The summed E-state index contributed by atoms with van der Waals surface area (Å²) in [5.74, 6) is 1.61. The second-order valence-electron chi connectivity index (χ2n) is 5.25. The Morgan fingerprint density at radius 1 is 1.44 bits per heavy atom. The van der Waals surface area contributed by atoms with Crippen LogP contribution < -0.4 is 5.32 Å². The predicted molar refractivity (Wildman–Crippen MR) is 67.1 cm³/mol. The number of amides is 1. The Bertz CT molecular complexity index is 395. The van der Waals surface area contributed by atoms with E-state index < -0.39 is 0 Å².